The van der Waals surface area contributed by atoms with Crippen molar-refractivity contribution in [3.63, 3.8) is 0 Å². The van der Waals surface area contributed by atoms with E-state index in [1.807, 2.05) is 27.7 Å². The van der Waals surface area contributed by atoms with Crippen LogP contribution in [-0.4, -0.2) is 39.5 Å². The summed E-state index contributed by atoms with van der Waals surface area (Å²) in [5.41, 5.74) is 5.71. The zero-order chi connectivity index (χ0) is 15.3. The molecule has 1 heterocycles. The number of nitrogens with zero attached hydrogens (tertiary/aromatic N) is 1. The highest BCUT2D eigenvalue weighted by Crippen LogP contribution is 1.98. The van der Waals surface area contributed by atoms with Crippen molar-refractivity contribution in [3.05, 3.63) is 18.2 Å². The summed E-state index contributed by atoms with van der Waals surface area (Å²) in [7, 11) is 0. The first-order valence-electron chi connectivity index (χ1n) is 6.33. The van der Waals surface area contributed by atoms with E-state index in [0.717, 1.165) is 0 Å². The minimum atomic E-state index is -1.11. The predicted molar refractivity (Wildman–Crippen MR) is 73.6 cm³/mol. The number of carboxylic acid groups (broad SMARTS) is 1. The van der Waals surface area contributed by atoms with Gasteiger partial charge in [-0.2, -0.15) is 0 Å². The van der Waals surface area contributed by atoms with Gasteiger partial charge < -0.3 is 21.1 Å². The van der Waals surface area contributed by atoms with Gasteiger partial charge in [0, 0.05) is 18.3 Å². The molecule has 1 aromatic rings. The Morgan fingerprint density at radius 2 is 2.00 bits per heavy atom. The van der Waals surface area contributed by atoms with Gasteiger partial charge in [-0.15, -0.1) is 0 Å². The molecule has 0 aliphatic heterocycles. The molecule has 0 saturated heterocycles. The molecule has 1 rings (SSSR count). The largest absolute Gasteiger partial charge is 0.480 e. The molecule has 19 heavy (non-hydrogen) atoms. The van der Waals surface area contributed by atoms with Gasteiger partial charge in [0.15, 0.2) is 0 Å². The van der Waals surface area contributed by atoms with Crippen LogP contribution in [0.3, 0.4) is 0 Å². The van der Waals surface area contributed by atoms with Crippen LogP contribution < -0.4 is 11.1 Å². The van der Waals surface area contributed by atoms with Gasteiger partial charge in [-0.05, 0) is 0 Å². The van der Waals surface area contributed by atoms with Crippen molar-refractivity contribution in [2.24, 2.45) is 5.73 Å². The number of aliphatic carboxylic acids is 1. The van der Waals surface area contributed by atoms with Crippen molar-refractivity contribution in [1.29, 1.82) is 0 Å². The van der Waals surface area contributed by atoms with Gasteiger partial charge in [0.2, 0.25) is 5.91 Å². The average molecular weight is 272 g/mol. The molecule has 0 radical (unpaired) electrons. The van der Waals surface area contributed by atoms with Gasteiger partial charge in [0.25, 0.3) is 0 Å². The highest BCUT2D eigenvalue weighted by molar-refractivity contribution is 5.84. The molecule has 0 fully saturated rings. The van der Waals surface area contributed by atoms with Crippen LogP contribution in [-0.2, 0) is 16.0 Å². The summed E-state index contributed by atoms with van der Waals surface area (Å²) in [5.74, 6) is -1.60. The minimum Gasteiger partial charge on any atom is -0.480 e. The topological polar surface area (TPSA) is 121 Å². The molecular weight excluding hydrogens is 248 g/mol. The molecule has 0 spiro atoms. The highest BCUT2D eigenvalue weighted by atomic mass is 16.4. The van der Waals surface area contributed by atoms with Gasteiger partial charge in [-0.25, -0.2) is 9.78 Å². The quantitative estimate of drug-likeness (QED) is 0.623. The third kappa shape index (κ3) is 8.78. The monoisotopic (exact) mass is 272 g/mol. The smallest absolute Gasteiger partial charge is 0.326 e. The zero-order valence-electron chi connectivity index (χ0n) is 11.9. The highest BCUT2D eigenvalue weighted by Gasteiger charge is 2.20. The first-order valence-corrected chi connectivity index (χ1v) is 6.33. The number of carbonyl (C=O) groups excluding carboxylic acids is 1. The Labute approximate surface area is 113 Å². The molecule has 0 saturated carbocycles. The van der Waals surface area contributed by atoms with Crippen LogP contribution in [0.25, 0.3) is 0 Å². The third-order valence-electron chi connectivity index (χ3n) is 1.80. The molecule has 5 N–H and O–H groups in total. The van der Waals surface area contributed by atoms with Crippen molar-refractivity contribution in [2.75, 3.05) is 6.54 Å². The Morgan fingerprint density at radius 1 is 1.42 bits per heavy atom. The Bertz CT molecular complexity index is 339. The molecule has 1 amide bonds. The lowest BCUT2D eigenvalue weighted by atomic mass is 10.1. The van der Waals surface area contributed by atoms with Gasteiger partial charge >= 0.3 is 5.97 Å². The maximum Gasteiger partial charge on any atom is 0.326 e. The molecular formula is C12H24N4O3. The first kappa shape index (κ1) is 19.4. The van der Waals surface area contributed by atoms with Crippen LogP contribution in [0.15, 0.2) is 12.5 Å². The molecule has 7 heteroatoms. The molecule has 7 nitrogen and oxygen atoms in total. The zero-order valence-corrected chi connectivity index (χ0v) is 11.9. The van der Waals surface area contributed by atoms with E-state index in [-0.39, 0.29) is 13.0 Å². The number of rotatable bonds is 5. The van der Waals surface area contributed by atoms with Crippen LogP contribution in [0.1, 0.15) is 33.4 Å². The SMILES string of the molecule is CC.CC.NCC(=O)NC(Cc1cnc[nH]1)C(=O)O. The fourth-order valence-corrected chi connectivity index (χ4v) is 1.07. The number of nitrogens with one attached hydrogen (secondary N) is 2. The number of nitrogens with two attached hydrogens (primary N) is 1. The van der Waals surface area contributed by atoms with Crippen molar-refractivity contribution < 1.29 is 14.7 Å². The van der Waals surface area contributed by atoms with Gasteiger partial charge in [0.1, 0.15) is 6.04 Å². The number of carboxylic acids is 1. The van der Waals surface area contributed by atoms with E-state index in [9.17, 15) is 9.59 Å². The fourth-order valence-electron chi connectivity index (χ4n) is 1.07. The van der Waals surface area contributed by atoms with E-state index in [1.54, 1.807) is 0 Å². The molecule has 1 unspecified atom stereocenters. The molecule has 110 valence electrons. The fraction of sp³-hybridized carbons (Fsp3) is 0.583. The lowest BCUT2D eigenvalue weighted by molar-refractivity contribution is -0.141. The maximum atomic E-state index is 10.9. The van der Waals surface area contributed by atoms with Crippen molar-refractivity contribution in [3.8, 4) is 0 Å². The van der Waals surface area contributed by atoms with Gasteiger partial charge in [-0.1, -0.05) is 27.7 Å². The summed E-state index contributed by atoms with van der Waals surface area (Å²) >= 11 is 0. The van der Waals surface area contributed by atoms with Crippen LogP contribution >= 0.6 is 0 Å². The van der Waals surface area contributed by atoms with Gasteiger partial charge in [-0.3, -0.25) is 4.79 Å². The molecule has 0 aromatic carbocycles. The van der Waals surface area contributed by atoms with Crippen molar-refractivity contribution in [1.82, 2.24) is 15.3 Å². The summed E-state index contributed by atoms with van der Waals surface area (Å²) < 4.78 is 0. The molecule has 0 bridgehead atoms. The van der Waals surface area contributed by atoms with E-state index < -0.39 is 17.9 Å². The number of imidazole rings is 1. The Morgan fingerprint density at radius 3 is 2.37 bits per heavy atom. The van der Waals surface area contributed by atoms with Crippen LogP contribution in [0.5, 0.6) is 0 Å². The molecule has 0 aliphatic rings. The number of amides is 1. The van der Waals surface area contributed by atoms with Crippen LogP contribution in [0.4, 0.5) is 0 Å². The van der Waals surface area contributed by atoms with Crippen LogP contribution in [0.2, 0.25) is 0 Å². The first-order chi connectivity index (χ1) is 9.13. The summed E-state index contributed by atoms with van der Waals surface area (Å²) in [6.07, 6.45) is 3.10. The normalized spacial score (nSPS) is 10.2. The minimum absolute atomic E-state index is 0.154. The maximum absolute atomic E-state index is 10.9. The van der Waals surface area contributed by atoms with E-state index in [2.05, 4.69) is 15.3 Å². The second-order valence-electron chi connectivity index (χ2n) is 2.94. The van der Waals surface area contributed by atoms with Crippen LogP contribution in [0, 0.1) is 0 Å². The summed E-state index contributed by atoms with van der Waals surface area (Å²) in [4.78, 5) is 28.2. The number of aromatic amines is 1. The van der Waals surface area contributed by atoms with E-state index >= 15 is 0 Å². The number of hydrogen-bond donors (Lipinski definition) is 4. The van der Waals surface area contributed by atoms with E-state index in [0.29, 0.717) is 5.69 Å². The van der Waals surface area contributed by atoms with E-state index in [4.69, 9.17) is 10.8 Å². The van der Waals surface area contributed by atoms with Crippen molar-refractivity contribution >= 4 is 11.9 Å². The number of hydrogen-bond acceptors (Lipinski definition) is 4. The number of aromatic nitrogens is 2. The van der Waals surface area contributed by atoms with E-state index in [1.165, 1.54) is 12.5 Å². The second kappa shape index (κ2) is 12.6. The Hall–Kier alpha value is -1.89. The number of H-pyrrole nitrogens is 1. The third-order valence-corrected chi connectivity index (χ3v) is 1.80. The lowest BCUT2D eigenvalue weighted by Gasteiger charge is -2.12. The summed E-state index contributed by atoms with van der Waals surface area (Å²) in [5, 5.41) is 11.1. The number of carbonyl (C=O) groups is 2. The Kier molecular flexibility index (Phi) is 12.9. The Balaban J connectivity index is 0. The predicted octanol–water partition coefficient (Wildman–Crippen LogP) is 0.533. The van der Waals surface area contributed by atoms with Gasteiger partial charge in [0.05, 0.1) is 12.9 Å². The average Bonchev–Trinajstić information content (AvgIpc) is 2.95. The summed E-state index contributed by atoms with van der Waals surface area (Å²) in [6.45, 7) is 7.77. The molecule has 1 aromatic heterocycles. The van der Waals surface area contributed by atoms with Crippen molar-refractivity contribution in [2.45, 2.75) is 40.2 Å². The standard InChI is InChI=1S/C8H12N4O3.2C2H6/c9-2-7(13)12-6(8(14)15)1-5-3-10-4-11-5;2*1-2/h3-4,6H,1-2,9H2,(H,10,11)(H,12,13)(H,14,15);2*1-2H3. The summed E-state index contributed by atoms with van der Waals surface area (Å²) in [6, 6.07) is -0.985. The molecule has 1 atom stereocenters. The molecule has 0 aliphatic carbocycles. The second-order valence-corrected chi connectivity index (χ2v) is 2.94. The lowest BCUT2D eigenvalue weighted by Crippen LogP contribution is -2.44.